The van der Waals surface area contributed by atoms with Gasteiger partial charge in [0.25, 0.3) is 0 Å². The van der Waals surface area contributed by atoms with Gasteiger partial charge >= 0.3 is 34.3 Å². The van der Waals surface area contributed by atoms with E-state index in [1.165, 1.54) is 51.4 Å². The molecule has 0 spiro atoms. The zero-order chi connectivity index (χ0) is 33.6. The second kappa shape index (κ2) is 28.8. The van der Waals surface area contributed by atoms with E-state index in [4.69, 9.17) is 19.1 Å². The molecule has 12 heteroatoms. The van der Waals surface area contributed by atoms with E-state index < -0.39 is 34.3 Å². The lowest BCUT2D eigenvalue weighted by Gasteiger charge is -2.10. The van der Waals surface area contributed by atoms with Crippen molar-refractivity contribution >= 4 is 34.3 Å². The first-order valence-corrected chi connectivity index (χ1v) is 17.1. The van der Waals surface area contributed by atoms with E-state index in [1.54, 1.807) is 31.2 Å². The van der Waals surface area contributed by atoms with E-state index in [0.29, 0.717) is 37.2 Å². The fraction of sp³-hybridized carbons (Fsp3) is 0.688. The molecule has 0 bridgehead atoms. The van der Waals surface area contributed by atoms with Crippen molar-refractivity contribution in [2.24, 2.45) is 0 Å². The van der Waals surface area contributed by atoms with Crippen LogP contribution >= 0.6 is 0 Å². The third-order valence-corrected chi connectivity index (χ3v) is 6.34. The van der Waals surface area contributed by atoms with Gasteiger partial charge in [-0.25, -0.2) is 9.59 Å². The Morgan fingerprint density at radius 1 is 0.614 bits per heavy atom. The van der Waals surface area contributed by atoms with Gasteiger partial charge in [-0.1, -0.05) is 104 Å². The number of hydrogen-bond acceptors (Lipinski definition) is 9. The van der Waals surface area contributed by atoms with Crippen LogP contribution in [0.25, 0.3) is 0 Å². The van der Waals surface area contributed by atoms with E-state index in [-0.39, 0.29) is 6.42 Å². The highest BCUT2D eigenvalue weighted by molar-refractivity contribution is 7.81. The number of esters is 2. The van der Waals surface area contributed by atoms with Crippen LogP contribution in [0.4, 0.5) is 0 Å². The van der Waals surface area contributed by atoms with Crippen LogP contribution in [0.3, 0.4) is 0 Å². The van der Waals surface area contributed by atoms with Crippen LogP contribution in [0, 0.1) is 0 Å². The van der Waals surface area contributed by atoms with Crippen molar-refractivity contribution in [1.29, 1.82) is 0 Å². The topological polar surface area (TPSA) is 171 Å². The predicted octanol–water partition coefficient (Wildman–Crippen LogP) is 7.72. The van der Waals surface area contributed by atoms with Crippen molar-refractivity contribution in [3.63, 3.8) is 0 Å². The lowest BCUT2D eigenvalue weighted by molar-refractivity contribution is -0.137. The maximum atomic E-state index is 12.4. The zero-order valence-electron chi connectivity index (χ0n) is 27.0. The smallest absolute Gasteiger partial charge is 0.448 e. The summed E-state index contributed by atoms with van der Waals surface area (Å²) < 4.78 is 41.9. The minimum absolute atomic E-state index is 0.0141. The van der Waals surface area contributed by atoms with Crippen molar-refractivity contribution in [3.8, 4) is 0 Å². The normalized spacial score (nSPS) is 10.4. The number of unbranched alkanes of at least 4 members (excludes halogenated alkanes) is 10. The number of carbonyl (C=O) groups is 4. The second-order valence-corrected chi connectivity index (χ2v) is 11.2. The SMILES string of the molecule is CCCC(=O)O.CCCC(=O)OS(=O)(=O)O.CCCCCCCCOC(=O)c1ccccc1C(=O)OCCCCCCCC. The lowest BCUT2D eigenvalue weighted by atomic mass is 10.1. The number of aliphatic carboxylic acids is 1. The first kappa shape index (κ1) is 43.1. The molecule has 0 aliphatic heterocycles. The molecule has 0 fully saturated rings. The maximum absolute atomic E-state index is 12.4. The molecular formula is C32H54O11S. The van der Waals surface area contributed by atoms with Crippen LogP contribution < -0.4 is 0 Å². The highest BCUT2D eigenvalue weighted by Crippen LogP contribution is 2.14. The number of carboxylic acid groups (broad SMARTS) is 1. The predicted molar refractivity (Wildman–Crippen MR) is 169 cm³/mol. The Bertz CT molecular complexity index is 974. The summed E-state index contributed by atoms with van der Waals surface area (Å²) in [6.07, 6.45) is 15.1. The molecule has 2 N–H and O–H groups in total. The second-order valence-electron chi connectivity index (χ2n) is 10.1. The van der Waals surface area contributed by atoms with Gasteiger partial charge in [-0.05, 0) is 37.8 Å². The van der Waals surface area contributed by atoms with Crippen molar-refractivity contribution in [3.05, 3.63) is 35.4 Å². The largest absolute Gasteiger partial charge is 0.481 e. The molecule has 0 atom stereocenters. The molecule has 0 unspecified atom stereocenters. The molecule has 0 aliphatic rings. The highest BCUT2D eigenvalue weighted by Gasteiger charge is 2.18. The van der Waals surface area contributed by atoms with E-state index in [9.17, 15) is 27.6 Å². The molecule has 1 rings (SSSR count). The van der Waals surface area contributed by atoms with Crippen LogP contribution in [0.5, 0.6) is 0 Å². The van der Waals surface area contributed by atoms with Gasteiger partial charge in [-0.15, -0.1) is 0 Å². The summed E-state index contributed by atoms with van der Waals surface area (Å²) in [5, 5.41) is 7.91. The summed E-state index contributed by atoms with van der Waals surface area (Å²) in [5.41, 5.74) is 0.586. The lowest BCUT2D eigenvalue weighted by Crippen LogP contribution is -2.15. The van der Waals surface area contributed by atoms with Crippen LogP contribution in [0.2, 0.25) is 0 Å². The number of carboxylic acids is 1. The summed E-state index contributed by atoms with van der Waals surface area (Å²) in [4.78, 5) is 44.6. The molecule has 11 nitrogen and oxygen atoms in total. The first-order valence-electron chi connectivity index (χ1n) is 15.8. The third kappa shape index (κ3) is 27.8. The average Bonchev–Trinajstić information content (AvgIpc) is 2.96. The number of rotatable bonds is 21. The Balaban J connectivity index is 0. The van der Waals surface area contributed by atoms with Crippen LogP contribution in [-0.4, -0.2) is 55.2 Å². The summed E-state index contributed by atoms with van der Waals surface area (Å²) in [6.45, 7) is 8.70. The molecule has 0 aliphatic carbocycles. The molecule has 1 aromatic rings. The monoisotopic (exact) mass is 646 g/mol. The van der Waals surface area contributed by atoms with Crippen LogP contribution in [0.1, 0.15) is 151 Å². The van der Waals surface area contributed by atoms with E-state index >= 15 is 0 Å². The molecule has 0 saturated heterocycles. The summed E-state index contributed by atoms with van der Waals surface area (Å²) in [5.74, 6) is -2.54. The maximum Gasteiger partial charge on any atom is 0.448 e. The number of ether oxygens (including phenoxy) is 2. The average molecular weight is 647 g/mol. The van der Waals surface area contributed by atoms with Gasteiger partial charge in [0.15, 0.2) is 0 Å². The zero-order valence-corrected chi connectivity index (χ0v) is 27.8. The van der Waals surface area contributed by atoms with E-state index in [2.05, 4.69) is 18.0 Å². The minimum atomic E-state index is -4.60. The van der Waals surface area contributed by atoms with E-state index in [0.717, 1.165) is 32.1 Å². The fourth-order valence-electron chi connectivity index (χ4n) is 3.67. The number of benzene rings is 1. The number of hydrogen-bond donors (Lipinski definition) is 2. The Morgan fingerprint density at radius 2 is 1.00 bits per heavy atom. The molecule has 254 valence electrons. The molecule has 0 saturated carbocycles. The first-order chi connectivity index (χ1) is 20.9. The van der Waals surface area contributed by atoms with Crippen molar-refractivity contribution < 1.29 is 50.9 Å². The van der Waals surface area contributed by atoms with Gasteiger partial charge in [0.05, 0.1) is 24.3 Å². The quantitative estimate of drug-likeness (QED) is 0.0761. The Labute approximate surface area is 264 Å². The summed E-state index contributed by atoms with van der Waals surface area (Å²) in [7, 11) is -4.60. The van der Waals surface area contributed by atoms with Crippen molar-refractivity contribution in [1.82, 2.24) is 0 Å². The van der Waals surface area contributed by atoms with Gasteiger partial charge in [0, 0.05) is 12.8 Å². The summed E-state index contributed by atoms with van der Waals surface area (Å²) in [6, 6.07) is 6.74. The Kier molecular flexibility index (Phi) is 28.2. The minimum Gasteiger partial charge on any atom is -0.481 e. The molecule has 1 aromatic carbocycles. The summed E-state index contributed by atoms with van der Waals surface area (Å²) >= 11 is 0. The number of carbonyl (C=O) groups excluding carboxylic acids is 3. The van der Waals surface area contributed by atoms with Gasteiger partial charge in [-0.3, -0.25) is 14.1 Å². The van der Waals surface area contributed by atoms with Crippen LogP contribution in [-0.2, 0) is 33.6 Å². The van der Waals surface area contributed by atoms with Crippen molar-refractivity contribution in [2.45, 2.75) is 130 Å². The molecule has 0 amide bonds. The Hall–Kier alpha value is -2.99. The molecule has 44 heavy (non-hydrogen) atoms. The molecule has 0 aromatic heterocycles. The molecule has 0 radical (unpaired) electrons. The highest BCUT2D eigenvalue weighted by atomic mass is 32.3. The third-order valence-electron chi connectivity index (χ3n) is 5.95. The van der Waals surface area contributed by atoms with Gasteiger partial charge in [0.2, 0.25) is 0 Å². The fourth-order valence-corrected chi connectivity index (χ4v) is 3.98. The standard InChI is InChI=1S/C24H38O4.C4H8O5S.C4H8O2/c1-3-5-7-9-11-15-19-27-23(25)21-17-13-14-18-22(21)24(26)28-20-16-12-10-8-6-4-2;1-2-3-4(5)9-10(6,7)8;1-2-3-4(5)6/h13-14,17-18H,3-12,15-16,19-20H2,1-2H3;2-3H2,1H3,(H,6,7,8);2-3H2,1H3,(H,5,6). The van der Waals surface area contributed by atoms with Gasteiger partial charge in [0.1, 0.15) is 0 Å². The van der Waals surface area contributed by atoms with Gasteiger partial charge < -0.3 is 18.8 Å². The molecular weight excluding hydrogens is 592 g/mol. The molecule has 0 heterocycles. The van der Waals surface area contributed by atoms with Gasteiger partial charge in [-0.2, -0.15) is 8.42 Å². The van der Waals surface area contributed by atoms with Crippen molar-refractivity contribution in [2.75, 3.05) is 13.2 Å². The Morgan fingerprint density at radius 3 is 1.32 bits per heavy atom. The van der Waals surface area contributed by atoms with Crippen LogP contribution in [0.15, 0.2) is 24.3 Å². The van der Waals surface area contributed by atoms with E-state index in [1.807, 2.05) is 6.92 Å².